The average Bonchev–Trinajstić information content (AvgIpc) is 3.01. The second kappa shape index (κ2) is 9.04. The van der Waals surface area contributed by atoms with Crippen molar-refractivity contribution < 1.29 is 9.53 Å². The van der Waals surface area contributed by atoms with Gasteiger partial charge in [-0.15, -0.1) is 6.58 Å². The van der Waals surface area contributed by atoms with Gasteiger partial charge in [0.05, 0.1) is 11.4 Å². The standard InChI is InChI=1S/C23H25N3O2/c1-4-16-24-22(27)15-14-20-18(3)25-26(21-13-9-8-10-17(21)2)23(20)28-19-11-6-5-7-12-19/h4-13H,1,14-16H2,2-3H3,(H,24,27). The van der Waals surface area contributed by atoms with Crippen LogP contribution in [0.2, 0.25) is 0 Å². The van der Waals surface area contributed by atoms with Crippen molar-refractivity contribution in [2.24, 2.45) is 0 Å². The lowest BCUT2D eigenvalue weighted by Gasteiger charge is -2.13. The summed E-state index contributed by atoms with van der Waals surface area (Å²) >= 11 is 0. The molecule has 1 N–H and O–H groups in total. The van der Waals surface area contributed by atoms with Gasteiger partial charge in [0.15, 0.2) is 0 Å². The molecule has 0 aliphatic rings. The van der Waals surface area contributed by atoms with E-state index in [0.717, 1.165) is 28.3 Å². The Morgan fingerprint density at radius 1 is 1.14 bits per heavy atom. The molecule has 0 atom stereocenters. The third-order valence-electron chi connectivity index (χ3n) is 4.48. The first-order valence-corrected chi connectivity index (χ1v) is 9.35. The molecule has 5 heteroatoms. The maximum atomic E-state index is 12.1. The molecular formula is C23H25N3O2. The Bertz CT molecular complexity index is 961. The van der Waals surface area contributed by atoms with Crippen molar-refractivity contribution in [3.05, 3.63) is 84.1 Å². The number of amides is 1. The van der Waals surface area contributed by atoms with E-state index in [2.05, 4.69) is 11.9 Å². The van der Waals surface area contributed by atoms with Crippen molar-refractivity contribution >= 4 is 5.91 Å². The van der Waals surface area contributed by atoms with E-state index in [4.69, 9.17) is 9.84 Å². The van der Waals surface area contributed by atoms with Crippen LogP contribution < -0.4 is 10.1 Å². The molecule has 0 spiro atoms. The summed E-state index contributed by atoms with van der Waals surface area (Å²) in [6, 6.07) is 17.7. The van der Waals surface area contributed by atoms with Crippen LogP contribution in [-0.2, 0) is 11.2 Å². The molecule has 0 aliphatic carbocycles. The first-order valence-electron chi connectivity index (χ1n) is 9.35. The van der Waals surface area contributed by atoms with E-state index in [1.165, 1.54) is 0 Å². The number of carbonyl (C=O) groups excluding carboxylic acids is 1. The molecule has 1 aromatic heterocycles. The number of hydrogen-bond donors (Lipinski definition) is 1. The van der Waals surface area contributed by atoms with Gasteiger partial charge in [-0.05, 0) is 44.0 Å². The third kappa shape index (κ3) is 4.49. The number of ether oxygens (including phenoxy) is 1. The van der Waals surface area contributed by atoms with Crippen LogP contribution in [0.3, 0.4) is 0 Å². The molecular weight excluding hydrogens is 350 g/mol. The molecule has 5 nitrogen and oxygen atoms in total. The molecule has 1 heterocycles. The van der Waals surface area contributed by atoms with Crippen LogP contribution in [0.25, 0.3) is 5.69 Å². The minimum absolute atomic E-state index is 0.0198. The minimum Gasteiger partial charge on any atom is -0.439 e. The third-order valence-corrected chi connectivity index (χ3v) is 4.48. The van der Waals surface area contributed by atoms with E-state index >= 15 is 0 Å². The van der Waals surface area contributed by atoms with Gasteiger partial charge >= 0.3 is 0 Å². The Morgan fingerprint density at radius 3 is 2.57 bits per heavy atom. The van der Waals surface area contributed by atoms with E-state index in [1.54, 1.807) is 6.08 Å². The van der Waals surface area contributed by atoms with Gasteiger partial charge in [-0.1, -0.05) is 42.5 Å². The maximum Gasteiger partial charge on any atom is 0.226 e. The molecule has 0 radical (unpaired) electrons. The van der Waals surface area contributed by atoms with Gasteiger partial charge in [0.25, 0.3) is 0 Å². The van der Waals surface area contributed by atoms with Crippen molar-refractivity contribution in [2.75, 3.05) is 6.54 Å². The van der Waals surface area contributed by atoms with E-state index in [9.17, 15) is 4.79 Å². The smallest absolute Gasteiger partial charge is 0.226 e. The molecule has 0 unspecified atom stereocenters. The molecule has 0 aliphatic heterocycles. The van der Waals surface area contributed by atoms with Crippen LogP contribution in [-0.4, -0.2) is 22.2 Å². The predicted molar refractivity (Wildman–Crippen MR) is 111 cm³/mol. The topological polar surface area (TPSA) is 56.2 Å². The van der Waals surface area contributed by atoms with Crippen molar-refractivity contribution in [1.82, 2.24) is 15.1 Å². The van der Waals surface area contributed by atoms with E-state index in [1.807, 2.05) is 73.1 Å². The first-order chi connectivity index (χ1) is 13.6. The molecule has 0 bridgehead atoms. The second-order valence-electron chi connectivity index (χ2n) is 6.58. The van der Waals surface area contributed by atoms with Crippen LogP contribution >= 0.6 is 0 Å². The molecule has 0 fully saturated rings. The monoisotopic (exact) mass is 375 g/mol. The lowest BCUT2D eigenvalue weighted by molar-refractivity contribution is -0.120. The van der Waals surface area contributed by atoms with Crippen molar-refractivity contribution in [1.29, 1.82) is 0 Å². The molecule has 3 rings (SSSR count). The van der Waals surface area contributed by atoms with Gasteiger partial charge in [0.1, 0.15) is 5.75 Å². The largest absolute Gasteiger partial charge is 0.439 e. The lowest BCUT2D eigenvalue weighted by atomic mass is 10.1. The lowest BCUT2D eigenvalue weighted by Crippen LogP contribution is -2.23. The predicted octanol–water partition coefficient (Wildman–Crippen LogP) is 4.52. The number of nitrogens with zero attached hydrogens (tertiary/aromatic N) is 2. The molecule has 28 heavy (non-hydrogen) atoms. The molecule has 2 aromatic carbocycles. The zero-order valence-corrected chi connectivity index (χ0v) is 16.3. The van der Waals surface area contributed by atoms with Gasteiger partial charge in [-0.2, -0.15) is 9.78 Å². The summed E-state index contributed by atoms with van der Waals surface area (Å²) in [6.45, 7) is 8.08. The summed E-state index contributed by atoms with van der Waals surface area (Å²) in [5.41, 5.74) is 3.84. The van der Waals surface area contributed by atoms with E-state index < -0.39 is 0 Å². The molecule has 144 valence electrons. The maximum absolute atomic E-state index is 12.1. The highest BCUT2D eigenvalue weighted by atomic mass is 16.5. The van der Waals surface area contributed by atoms with E-state index in [0.29, 0.717) is 25.3 Å². The molecule has 0 saturated heterocycles. The zero-order chi connectivity index (χ0) is 19.9. The number of nitrogens with one attached hydrogen (secondary N) is 1. The fourth-order valence-electron chi connectivity index (χ4n) is 3.01. The van der Waals surface area contributed by atoms with Gasteiger partial charge < -0.3 is 10.1 Å². The number of aryl methyl sites for hydroxylation is 2. The average molecular weight is 375 g/mol. The SMILES string of the molecule is C=CCNC(=O)CCc1c(C)nn(-c2ccccc2C)c1Oc1ccccc1. The van der Waals surface area contributed by atoms with Gasteiger partial charge in [0.2, 0.25) is 11.8 Å². The normalized spacial score (nSPS) is 10.5. The highest BCUT2D eigenvalue weighted by molar-refractivity contribution is 5.76. The zero-order valence-electron chi connectivity index (χ0n) is 16.3. The fraction of sp³-hybridized carbons (Fsp3) is 0.217. The number of carbonyl (C=O) groups is 1. The quantitative estimate of drug-likeness (QED) is 0.589. The van der Waals surface area contributed by atoms with Crippen LogP contribution in [0.1, 0.15) is 23.2 Å². The number of para-hydroxylation sites is 2. The first kappa shape index (κ1) is 19.4. The van der Waals surface area contributed by atoms with Crippen molar-refractivity contribution in [2.45, 2.75) is 26.7 Å². The molecule has 3 aromatic rings. The Hall–Kier alpha value is -3.34. The minimum atomic E-state index is -0.0198. The van der Waals surface area contributed by atoms with Gasteiger partial charge in [0, 0.05) is 18.5 Å². The highest BCUT2D eigenvalue weighted by Gasteiger charge is 2.20. The van der Waals surface area contributed by atoms with Crippen LogP contribution in [0.15, 0.2) is 67.3 Å². The van der Waals surface area contributed by atoms with Crippen molar-refractivity contribution in [3.63, 3.8) is 0 Å². The summed E-state index contributed by atoms with van der Waals surface area (Å²) in [6.07, 6.45) is 2.57. The Kier molecular flexibility index (Phi) is 6.27. The summed E-state index contributed by atoms with van der Waals surface area (Å²) in [7, 11) is 0. The van der Waals surface area contributed by atoms with Crippen LogP contribution in [0.5, 0.6) is 11.6 Å². The van der Waals surface area contributed by atoms with E-state index in [-0.39, 0.29) is 5.91 Å². The Morgan fingerprint density at radius 2 is 1.86 bits per heavy atom. The Labute approximate surface area is 165 Å². The highest BCUT2D eigenvalue weighted by Crippen LogP contribution is 2.32. The van der Waals surface area contributed by atoms with Gasteiger partial charge in [-0.3, -0.25) is 4.79 Å². The number of hydrogen-bond acceptors (Lipinski definition) is 3. The fourth-order valence-corrected chi connectivity index (χ4v) is 3.01. The summed E-state index contributed by atoms with van der Waals surface area (Å²) in [5.74, 6) is 1.36. The van der Waals surface area contributed by atoms with Crippen LogP contribution in [0, 0.1) is 13.8 Å². The molecule has 0 saturated carbocycles. The number of benzene rings is 2. The van der Waals surface area contributed by atoms with Crippen molar-refractivity contribution in [3.8, 4) is 17.3 Å². The summed E-state index contributed by atoms with van der Waals surface area (Å²) in [5, 5.41) is 7.54. The number of rotatable bonds is 8. The van der Waals surface area contributed by atoms with Crippen LogP contribution in [0.4, 0.5) is 0 Å². The molecule has 1 amide bonds. The Balaban J connectivity index is 1.97. The van der Waals surface area contributed by atoms with Gasteiger partial charge in [-0.25, -0.2) is 0 Å². The summed E-state index contributed by atoms with van der Waals surface area (Å²) in [4.78, 5) is 12.1. The summed E-state index contributed by atoms with van der Waals surface area (Å²) < 4.78 is 8.06. The number of aromatic nitrogens is 2. The second-order valence-corrected chi connectivity index (χ2v) is 6.58.